The molecule has 1 aromatic heterocycles. The molecule has 0 atom stereocenters. The molecule has 25 heavy (non-hydrogen) atoms. The van der Waals surface area contributed by atoms with Crippen molar-refractivity contribution in [3.8, 4) is 5.75 Å². The molecule has 0 spiro atoms. The van der Waals surface area contributed by atoms with Crippen molar-refractivity contribution < 1.29 is 23.1 Å². The molecule has 128 valence electrons. The van der Waals surface area contributed by atoms with Crippen LogP contribution in [0.25, 0.3) is 10.8 Å². The van der Waals surface area contributed by atoms with Gasteiger partial charge in [0.1, 0.15) is 11.4 Å². The van der Waals surface area contributed by atoms with Crippen molar-refractivity contribution in [1.82, 2.24) is 4.98 Å². The number of hydrogen-bond acceptors (Lipinski definition) is 5. The zero-order valence-corrected chi connectivity index (χ0v) is 13.3. The van der Waals surface area contributed by atoms with Gasteiger partial charge in [0.25, 0.3) is 11.8 Å². The molecule has 0 radical (unpaired) electrons. The smallest absolute Gasteiger partial charge is 0.387 e. The van der Waals surface area contributed by atoms with Gasteiger partial charge in [-0.3, -0.25) is 14.9 Å². The van der Waals surface area contributed by atoms with Gasteiger partial charge in [0.2, 0.25) is 0 Å². The predicted molar refractivity (Wildman–Crippen MR) is 89.2 cm³/mol. The van der Waals surface area contributed by atoms with Gasteiger partial charge < -0.3 is 10.5 Å². The Morgan fingerprint density at radius 1 is 1.20 bits per heavy atom. The fourth-order valence-electron chi connectivity index (χ4n) is 2.20. The number of benzene rings is 2. The lowest BCUT2D eigenvalue weighted by atomic mass is 10.1. The van der Waals surface area contributed by atoms with Gasteiger partial charge >= 0.3 is 6.61 Å². The van der Waals surface area contributed by atoms with Crippen LogP contribution in [-0.4, -0.2) is 23.4 Å². The minimum absolute atomic E-state index is 0.00265. The molecule has 0 unspecified atom stereocenters. The Hall–Kier alpha value is -3.07. The Bertz CT molecular complexity index is 959. The monoisotopic (exact) mass is 363 g/mol. The summed E-state index contributed by atoms with van der Waals surface area (Å²) in [5, 5.41) is 5.29. The molecule has 6 nitrogen and oxygen atoms in total. The number of nitrogens with two attached hydrogens (primary N) is 1. The van der Waals surface area contributed by atoms with Crippen LogP contribution in [0, 0.1) is 0 Å². The van der Waals surface area contributed by atoms with Crippen LogP contribution in [0.4, 0.5) is 13.9 Å². The first-order valence-corrected chi connectivity index (χ1v) is 7.86. The molecule has 0 bridgehead atoms. The molecule has 3 rings (SSSR count). The Labute approximate surface area is 144 Å². The highest BCUT2D eigenvalue weighted by Gasteiger charge is 2.19. The van der Waals surface area contributed by atoms with Crippen molar-refractivity contribution in [2.45, 2.75) is 6.61 Å². The van der Waals surface area contributed by atoms with Gasteiger partial charge in [-0.1, -0.05) is 24.3 Å². The van der Waals surface area contributed by atoms with E-state index < -0.39 is 18.4 Å². The zero-order valence-electron chi connectivity index (χ0n) is 12.5. The van der Waals surface area contributed by atoms with Crippen molar-refractivity contribution in [3.63, 3.8) is 0 Å². The molecule has 0 saturated carbocycles. The standard InChI is InChI=1S/C16H11F2N3O3S/c17-15(18)24-12-6-9-4-2-1-3-8(9)5-10(12)14(23)21-16-20-11(7-25-16)13(19)22/h1-7,15H,(H2,19,22)(H,20,21,23). The number of aromatic nitrogens is 1. The summed E-state index contributed by atoms with van der Waals surface area (Å²) in [6.45, 7) is -3.07. The molecular weight excluding hydrogens is 352 g/mol. The lowest BCUT2D eigenvalue weighted by molar-refractivity contribution is -0.0500. The van der Waals surface area contributed by atoms with E-state index in [9.17, 15) is 18.4 Å². The van der Waals surface area contributed by atoms with Gasteiger partial charge in [-0.2, -0.15) is 8.78 Å². The molecule has 9 heteroatoms. The SMILES string of the molecule is NC(=O)c1csc(NC(=O)c2cc3ccccc3cc2OC(F)F)n1. The second-order valence-corrected chi connectivity index (χ2v) is 5.79. The van der Waals surface area contributed by atoms with Crippen molar-refractivity contribution in [2.75, 3.05) is 5.32 Å². The predicted octanol–water partition coefficient (Wildman–Crippen LogP) is 3.25. The number of rotatable bonds is 5. The lowest BCUT2D eigenvalue weighted by Crippen LogP contribution is -2.16. The maximum Gasteiger partial charge on any atom is 0.387 e. The van der Waals surface area contributed by atoms with Crippen LogP contribution in [-0.2, 0) is 0 Å². The summed E-state index contributed by atoms with van der Waals surface area (Å²) < 4.78 is 29.8. The van der Waals surface area contributed by atoms with Crippen LogP contribution in [0.5, 0.6) is 5.75 Å². The Balaban J connectivity index is 1.96. The van der Waals surface area contributed by atoms with Crippen LogP contribution in [0.3, 0.4) is 0 Å². The maximum absolute atomic E-state index is 12.7. The van der Waals surface area contributed by atoms with E-state index in [-0.39, 0.29) is 22.1 Å². The number of primary amides is 1. The van der Waals surface area contributed by atoms with Gasteiger partial charge in [-0.05, 0) is 22.9 Å². The van der Waals surface area contributed by atoms with E-state index in [2.05, 4.69) is 15.0 Å². The number of thiazole rings is 1. The number of amides is 2. The van der Waals surface area contributed by atoms with E-state index in [1.807, 2.05) is 0 Å². The van der Waals surface area contributed by atoms with E-state index >= 15 is 0 Å². The second kappa shape index (κ2) is 6.81. The summed E-state index contributed by atoms with van der Waals surface area (Å²) in [6, 6.07) is 9.78. The molecule has 2 aromatic carbocycles. The van der Waals surface area contributed by atoms with Gasteiger partial charge in [0.05, 0.1) is 5.56 Å². The molecule has 0 aliphatic rings. The summed E-state index contributed by atoms with van der Waals surface area (Å²) in [5.74, 6) is -1.67. The molecule has 0 aliphatic heterocycles. The average Bonchev–Trinajstić information content (AvgIpc) is 3.02. The normalized spacial score (nSPS) is 10.8. The maximum atomic E-state index is 12.7. The van der Waals surface area contributed by atoms with Gasteiger partial charge in [-0.15, -0.1) is 11.3 Å². The van der Waals surface area contributed by atoms with E-state index in [0.29, 0.717) is 10.8 Å². The summed E-state index contributed by atoms with van der Waals surface area (Å²) >= 11 is 0.991. The number of hydrogen-bond donors (Lipinski definition) is 2. The number of nitrogens with one attached hydrogen (secondary N) is 1. The quantitative estimate of drug-likeness (QED) is 0.727. The Kier molecular flexibility index (Phi) is 4.57. The fourth-order valence-corrected chi connectivity index (χ4v) is 2.89. The summed E-state index contributed by atoms with van der Waals surface area (Å²) in [6.07, 6.45) is 0. The number of alkyl halides is 2. The lowest BCUT2D eigenvalue weighted by Gasteiger charge is -2.12. The van der Waals surface area contributed by atoms with E-state index in [1.165, 1.54) is 17.5 Å². The molecular formula is C16H11F2N3O3S. The third kappa shape index (κ3) is 3.72. The van der Waals surface area contributed by atoms with Crippen molar-refractivity contribution in [3.05, 3.63) is 53.0 Å². The molecule has 0 saturated heterocycles. The third-order valence-electron chi connectivity index (χ3n) is 3.29. The van der Waals surface area contributed by atoms with Crippen LogP contribution in [0.2, 0.25) is 0 Å². The fraction of sp³-hybridized carbons (Fsp3) is 0.0625. The van der Waals surface area contributed by atoms with E-state index in [1.54, 1.807) is 24.3 Å². The summed E-state index contributed by atoms with van der Waals surface area (Å²) in [4.78, 5) is 27.3. The van der Waals surface area contributed by atoms with Crippen LogP contribution < -0.4 is 15.8 Å². The zero-order chi connectivity index (χ0) is 18.0. The van der Waals surface area contributed by atoms with Crippen molar-refractivity contribution in [1.29, 1.82) is 0 Å². The first-order valence-electron chi connectivity index (χ1n) is 6.98. The number of carbonyl (C=O) groups is 2. The summed E-state index contributed by atoms with van der Waals surface area (Å²) in [5.41, 5.74) is 5.03. The highest BCUT2D eigenvalue weighted by atomic mass is 32.1. The van der Waals surface area contributed by atoms with Gasteiger partial charge in [0.15, 0.2) is 5.13 Å². The number of carbonyl (C=O) groups excluding carboxylic acids is 2. The van der Waals surface area contributed by atoms with Crippen LogP contribution >= 0.6 is 11.3 Å². The highest BCUT2D eigenvalue weighted by Crippen LogP contribution is 2.28. The van der Waals surface area contributed by atoms with Crippen molar-refractivity contribution >= 4 is 39.1 Å². The van der Waals surface area contributed by atoms with Crippen LogP contribution in [0.15, 0.2) is 41.8 Å². The largest absolute Gasteiger partial charge is 0.434 e. The molecule has 2 amide bonds. The number of anilines is 1. The number of halogens is 2. The van der Waals surface area contributed by atoms with E-state index in [0.717, 1.165) is 11.3 Å². The van der Waals surface area contributed by atoms with Gasteiger partial charge in [-0.25, -0.2) is 4.98 Å². The Morgan fingerprint density at radius 3 is 2.48 bits per heavy atom. The third-order valence-corrected chi connectivity index (χ3v) is 4.04. The van der Waals surface area contributed by atoms with Gasteiger partial charge in [0, 0.05) is 5.38 Å². The topological polar surface area (TPSA) is 94.3 Å². The molecule has 0 aliphatic carbocycles. The average molecular weight is 363 g/mol. The number of fused-ring (bicyclic) bond motifs is 1. The number of ether oxygens (including phenoxy) is 1. The van der Waals surface area contributed by atoms with Crippen molar-refractivity contribution in [2.24, 2.45) is 5.73 Å². The minimum Gasteiger partial charge on any atom is -0.434 e. The minimum atomic E-state index is -3.07. The Morgan fingerprint density at radius 2 is 1.88 bits per heavy atom. The van der Waals surface area contributed by atoms with E-state index in [4.69, 9.17) is 5.73 Å². The summed E-state index contributed by atoms with van der Waals surface area (Å²) in [7, 11) is 0. The molecule has 1 heterocycles. The second-order valence-electron chi connectivity index (χ2n) is 4.93. The molecule has 3 aromatic rings. The first-order chi connectivity index (χ1) is 11.9. The number of nitrogens with zero attached hydrogens (tertiary/aromatic N) is 1. The van der Waals surface area contributed by atoms with Crippen LogP contribution in [0.1, 0.15) is 20.8 Å². The molecule has 0 fully saturated rings. The highest BCUT2D eigenvalue weighted by molar-refractivity contribution is 7.14. The molecule has 3 N–H and O–H groups in total. The first kappa shape index (κ1) is 16.8.